The van der Waals surface area contributed by atoms with E-state index in [1.54, 1.807) is 36.4 Å². The van der Waals surface area contributed by atoms with Gasteiger partial charge in [-0.15, -0.1) is 0 Å². The maximum absolute atomic E-state index is 13.9. The molecule has 1 heterocycles. The molecule has 0 aromatic heterocycles. The van der Waals surface area contributed by atoms with Gasteiger partial charge >= 0.3 is 0 Å². The molecule has 1 saturated heterocycles. The van der Waals surface area contributed by atoms with Crippen molar-refractivity contribution in [3.8, 4) is 5.75 Å². The average Bonchev–Trinajstić information content (AvgIpc) is 3.01. The predicted molar refractivity (Wildman–Crippen MR) is 106 cm³/mol. The molecule has 0 bridgehead atoms. The molecule has 0 saturated carbocycles. The van der Waals surface area contributed by atoms with Gasteiger partial charge in [0.1, 0.15) is 11.5 Å². The van der Waals surface area contributed by atoms with E-state index in [2.05, 4.69) is 0 Å². The first-order valence-electron chi connectivity index (χ1n) is 8.99. The van der Waals surface area contributed by atoms with Crippen molar-refractivity contribution in [2.75, 3.05) is 4.90 Å². The third-order valence-corrected chi connectivity index (χ3v) is 4.86. The largest absolute Gasteiger partial charge is 0.508 e. The van der Waals surface area contributed by atoms with Crippen LogP contribution in [-0.4, -0.2) is 21.9 Å². The minimum absolute atomic E-state index is 0.0588. The molecule has 3 aromatic carbocycles. The monoisotopic (exact) mass is 407 g/mol. The molecule has 1 amide bonds. The molecule has 1 atom stereocenters. The van der Waals surface area contributed by atoms with Crippen molar-refractivity contribution < 1.29 is 28.6 Å². The molecule has 1 aliphatic heterocycles. The van der Waals surface area contributed by atoms with Gasteiger partial charge in [0.25, 0.3) is 11.7 Å². The molecule has 30 heavy (non-hydrogen) atoms. The minimum atomic E-state index is -1.19. The highest BCUT2D eigenvalue weighted by atomic mass is 19.2. The quantitative estimate of drug-likeness (QED) is 0.386. The Balaban J connectivity index is 1.97. The van der Waals surface area contributed by atoms with Crippen molar-refractivity contribution in [1.29, 1.82) is 0 Å². The van der Waals surface area contributed by atoms with E-state index in [1.807, 2.05) is 0 Å². The maximum Gasteiger partial charge on any atom is 0.300 e. The number of amides is 1. The van der Waals surface area contributed by atoms with Crippen LogP contribution >= 0.6 is 0 Å². The van der Waals surface area contributed by atoms with Gasteiger partial charge in [0.2, 0.25) is 0 Å². The van der Waals surface area contributed by atoms with Crippen molar-refractivity contribution in [3.63, 3.8) is 0 Å². The lowest BCUT2D eigenvalue weighted by Gasteiger charge is -2.25. The molecule has 1 unspecified atom stereocenters. The number of aliphatic hydroxyl groups excluding tert-OH is 1. The van der Waals surface area contributed by atoms with Crippen molar-refractivity contribution in [1.82, 2.24) is 0 Å². The SMILES string of the molecule is O=C1C(=O)N(c2ccc(F)c(F)c2)C(c2cccc(O)c2)/C1=C(\O)c1ccccc1. The second kappa shape index (κ2) is 7.44. The minimum Gasteiger partial charge on any atom is -0.508 e. The van der Waals surface area contributed by atoms with Crippen LogP contribution < -0.4 is 4.90 Å². The zero-order valence-corrected chi connectivity index (χ0v) is 15.4. The van der Waals surface area contributed by atoms with Crippen molar-refractivity contribution in [3.05, 3.63) is 101 Å². The lowest BCUT2D eigenvalue weighted by molar-refractivity contribution is -0.132. The summed E-state index contributed by atoms with van der Waals surface area (Å²) in [6.45, 7) is 0. The number of benzene rings is 3. The van der Waals surface area contributed by atoms with Crippen LogP contribution in [0.5, 0.6) is 5.75 Å². The second-order valence-electron chi connectivity index (χ2n) is 6.73. The molecule has 3 aromatic rings. The van der Waals surface area contributed by atoms with E-state index in [1.165, 1.54) is 24.3 Å². The zero-order chi connectivity index (χ0) is 21.4. The van der Waals surface area contributed by atoms with Crippen LogP contribution in [0.3, 0.4) is 0 Å². The van der Waals surface area contributed by atoms with E-state index in [9.17, 15) is 28.6 Å². The number of aliphatic hydroxyl groups is 1. The molecule has 5 nitrogen and oxygen atoms in total. The molecule has 150 valence electrons. The van der Waals surface area contributed by atoms with E-state index in [4.69, 9.17) is 0 Å². The number of aromatic hydroxyl groups is 1. The Morgan fingerprint density at radius 3 is 2.27 bits per heavy atom. The van der Waals surface area contributed by atoms with E-state index < -0.39 is 35.1 Å². The van der Waals surface area contributed by atoms with Crippen molar-refractivity contribution in [2.24, 2.45) is 0 Å². The summed E-state index contributed by atoms with van der Waals surface area (Å²) in [6.07, 6.45) is 0. The number of halogens is 2. The smallest absolute Gasteiger partial charge is 0.300 e. The Labute approximate surface area is 170 Å². The number of carbonyl (C=O) groups excluding carboxylic acids is 2. The number of carbonyl (C=O) groups is 2. The Morgan fingerprint density at radius 2 is 1.60 bits per heavy atom. The van der Waals surface area contributed by atoms with Gasteiger partial charge < -0.3 is 10.2 Å². The Kier molecular flexibility index (Phi) is 4.79. The fourth-order valence-corrected chi connectivity index (χ4v) is 3.50. The standard InChI is InChI=1S/C23H15F2NO4/c24-17-10-9-15(12-18(17)25)26-20(14-7-4-8-16(27)11-14)19(22(29)23(26)30)21(28)13-5-2-1-3-6-13/h1-12,20,27-28H/b21-19+. The summed E-state index contributed by atoms with van der Waals surface area (Å²) in [6, 6.07) is 15.7. The molecule has 0 radical (unpaired) electrons. The summed E-state index contributed by atoms with van der Waals surface area (Å²) in [5, 5.41) is 20.8. The number of rotatable bonds is 3. The van der Waals surface area contributed by atoms with Crippen LogP contribution in [0.1, 0.15) is 17.2 Å². The van der Waals surface area contributed by atoms with Crippen LogP contribution in [0.2, 0.25) is 0 Å². The van der Waals surface area contributed by atoms with Gasteiger partial charge in [-0.2, -0.15) is 0 Å². The summed E-state index contributed by atoms with van der Waals surface area (Å²) in [4.78, 5) is 26.7. The van der Waals surface area contributed by atoms with Gasteiger partial charge in [0.05, 0.1) is 11.6 Å². The molecule has 2 N–H and O–H groups in total. The number of phenolic OH excluding ortho intramolecular Hbond substituents is 1. The second-order valence-corrected chi connectivity index (χ2v) is 6.73. The molecular formula is C23H15F2NO4. The van der Waals surface area contributed by atoms with Gasteiger partial charge in [0, 0.05) is 17.3 Å². The summed E-state index contributed by atoms with van der Waals surface area (Å²) < 4.78 is 27.3. The van der Waals surface area contributed by atoms with E-state index in [-0.39, 0.29) is 17.0 Å². The highest BCUT2D eigenvalue weighted by molar-refractivity contribution is 6.51. The number of phenols is 1. The summed E-state index contributed by atoms with van der Waals surface area (Å²) in [5.74, 6) is -4.81. The van der Waals surface area contributed by atoms with Gasteiger partial charge in [-0.3, -0.25) is 14.5 Å². The van der Waals surface area contributed by atoms with Crippen LogP contribution in [0.4, 0.5) is 14.5 Å². The van der Waals surface area contributed by atoms with Crippen LogP contribution in [0.15, 0.2) is 78.4 Å². The van der Waals surface area contributed by atoms with Gasteiger partial charge in [0.15, 0.2) is 11.6 Å². The topological polar surface area (TPSA) is 77.8 Å². The number of hydrogen-bond donors (Lipinski definition) is 2. The van der Waals surface area contributed by atoms with E-state index in [0.717, 1.165) is 17.0 Å². The normalized spacial score (nSPS) is 18.1. The van der Waals surface area contributed by atoms with Gasteiger partial charge in [-0.05, 0) is 29.8 Å². The molecule has 1 fully saturated rings. The maximum atomic E-state index is 13.9. The Hall–Kier alpha value is -4.00. The van der Waals surface area contributed by atoms with Crippen LogP contribution in [0.25, 0.3) is 5.76 Å². The van der Waals surface area contributed by atoms with E-state index in [0.29, 0.717) is 11.1 Å². The van der Waals surface area contributed by atoms with Crippen LogP contribution in [-0.2, 0) is 9.59 Å². The average molecular weight is 407 g/mol. The zero-order valence-electron chi connectivity index (χ0n) is 15.4. The molecule has 4 rings (SSSR count). The first-order chi connectivity index (χ1) is 14.4. The highest BCUT2D eigenvalue weighted by Gasteiger charge is 2.47. The molecule has 1 aliphatic rings. The molecular weight excluding hydrogens is 392 g/mol. The van der Waals surface area contributed by atoms with Crippen molar-refractivity contribution >= 4 is 23.1 Å². The lowest BCUT2D eigenvalue weighted by Crippen LogP contribution is -2.29. The number of ketones is 1. The van der Waals surface area contributed by atoms with E-state index >= 15 is 0 Å². The van der Waals surface area contributed by atoms with Crippen LogP contribution in [0, 0.1) is 11.6 Å². The molecule has 0 aliphatic carbocycles. The Bertz CT molecular complexity index is 1190. The highest BCUT2D eigenvalue weighted by Crippen LogP contribution is 2.42. The number of hydrogen-bond acceptors (Lipinski definition) is 4. The number of nitrogens with zero attached hydrogens (tertiary/aromatic N) is 1. The summed E-state index contributed by atoms with van der Waals surface area (Å²) >= 11 is 0. The van der Waals surface area contributed by atoms with Crippen molar-refractivity contribution in [2.45, 2.75) is 6.04 Å². The lowest BCUT2D eigenvalue weighted by atomic mass is 9.95. The first kappa shape index (κ1) is 19.3. The number of anilines is 1. The fraction of sp³-hybridized carbons (Fsp3) is 0.0435. The predicted octanol–water partition coefficient (Wildman–Crippen LogP) is 4.30. The number of Topliss-reactive ketones (excluding diaryl/α,β-unsaturated/α-hetero) is 1. The molecule has 0 spiro atoms. The third-order valence-electron chi connectivity index (χ3n) is 4.86. The third kappa shape index (κ3) is 3.20. The first-order valence-corrected chi connectivity index (χ1v) is 8.99. The van der Waals surface area contributed by atoms with Gasteiger partial charge in [-0.25, -0.2) is 8.78 Å². The Morgan fingerprint density at radius 1 is 0.867 bits per heavy atom. The van der Waals surface area contributed by atoms with Gasteiger partial charge in [-0.1, -0.05) is 42.5 Å². The summed E-state index contributed by atoms with van der Waals surface area (Å²) in [7, 11) is 0. The fourth-order valence-electron chi connectivity index (χ4n) is 3.50. The molecule has 7 heteroatoms. The summed E-state index contributed by atoms with van der Waals surface area (Å²) in [5.41, 5.74) is 0.348.